The van der Waals surface area contributed by atoms with Crippen LogP contribution in [-0.4, -0.2) is 64.7 Å². The lowest BCUT2D eigenvalue weighted by Gasteiger charge is -2.31. The number of nitriles is 1. The SMILES string of the molecule is COC[C@@H]1CCCN1S(=O)(=O)c1ccc2c(c1)C1(OCCO1)C(=O)N2CC1(C#N)CCCCCC1. The van der Waals surface area contributed by atoms with Gasteiger partial charge in [0.15, 0.2) is 0 Å². The molecule has 0 bridgehead atoms. The van der Waals surface area contributed by atoms with Gasteiger partial charge in [-0.15, -0.1) is 0 Å². The molecule has 9 nitrogen and oxygen atoms in total. The first-order chi connectivity index (χ1) is 16.9. The molecule has 1 spiro atoms. The lowest BCUT2D eigenvalue weighted by atomic mass is 9.81. The highest BCUT2D eigenvalue weighted by Crippen LogP contribution is 2.49. The highest BCUT2D eigenvalue weighted by molar-refractivity contribution is 7.89. The number of sulfonamides is 1. The average Bonchev–Trinajstić information content (AvgIpc) is 3.54. The van der Waals surface area contributed by atoms with E-state index in [1.54, 1.807) is 24.1 Å². The first kappa shape index (κ1) is 24.7. The van der Waals surface area contributed by atoms with Crippen LogP contribution in [0, 0.1) is 16.7 Å². The molecule has 1 aromatic carbocycles. The van der Waals surface area contributed by atoms with Crippen molar-refractivity contribution in [3.63, 3.8) is 0 Å². The highest BCUT2D eigenvalue weighted by Gasteiger charge is 2.57. The number of fused-ring (bicyclic) bond motifs is 2. The van der Waals surface area contributed by atoms with Crippen molar-refractivity contribution >= 4 is 21.6 Å². The molecule has 35 heavy (non-hydrogen) atoms. The van der Waals surface area contributed by atoms with Gasteiger partial charge in [-0.3, -0.25) is 4.79 Å². The van der Waals surface area contributed by atoms with Crippen LogP contribution in [0.1, 0.15) is 56.9 Å². The molecule has 0 N–H and O–H groups in total. The Morgan fingerprint density at radius 2 is 1.86 bits per heavy atom. The van der Waals surface area contributed by atoms with E-state index in [9.17, 15) is 18.5 Å². The number of ether oxygens (including phenoxy) is 3. The topological polar surface area (TPSA) is 109 Å². The summed E-state index contributed by atoms with van der Waals surface area (Å²) in [5, 5.41) is 10.1. The summed E-state index contributed by atoms with van der Waals surface area (Å²) >= 11 is 0. The quantitative estimate of drug-likeness (QED) is 0.549. The Kier molecular flexibility index (Phi) is 6.66. The minimum atomic E-state index is -3.80. The molecular formula is C25H33N3O6S. The molecule has 3 fully saturated rings. The number of methoxy groups -OCH3 is 1. The molecule has 1 aliphatic carbocycles. The summed E-state index contributed by atoms with van der Waals surface area (Å²) < 4.78 is 45.7. The molecule has 3 heterocycles. The molecule has 4 aliphatic rings. The van der Waals surface area contributed by atoms with Crippen molar-refractivity contribution in [3.8, 4) is 6.07 Å². The molecular weight excluding hydrogens is 470 g/mol. The van der Waals surface area contributed by atoms with Crippen LogP contribution in [0.25, 0.3) is 0 Å². The van der Waals surface area contributed by atoms with Crippen LogP contribution in [0.4, 0.5) is 5.69 Å². The molecule has 2 saturated heterocycles. The van der Waals surface area contributed by atoms with Crippen LogP contribution in [0.15, 0.2) is 23.1 Å². The molecule has 0 aromatic heterocycles. The van der Waals surface area contributed by atoms with E-state index in [1.807, 2.05) is 0 Å². The van der Waals surface area contributed by atoms with E-state index >= 15 is 0 Å². The highest BCUT2D eigenvalue weighted by atomic mass is 32.2. The first-order valence-electron chi connectivity index (χ1n) is 12.5. The van der Waals surface area contributed by atoms with E-state index in [4.69, 9.17) is 14.2 Å². The standard InChI is InChI=1S/C25H33N3O6S/c1-32-16-19-7-6-12-28(19)35(30,31)20-8-9-22-21(15-20)25(33-13-14-34-25)23(29)27(22)18-24(17-26)10-4-2-3-5-11-24/h8-9,15,19H,2-7,10-14,16,18H2,1H3/t19-/m0/s1. The maximum absolute atomic E-state index is 13.7. The largest absolute Gasteiger partial charge is 0.383 e. The van der Waals surface area contributed by atoms with Gasteiger partial charge in [-0.1, -0.05) is 25.7 Å². The number of carbonyl (C=O) groups is 1. The summed E-state index contributed by atoms with van der Waals surface area (Å²) in [7, 11) is -2.23. The van der Waals surface area contributed by atoms with E-state index in [1.165, 1.54) is 10.4 Å². The Morgan fingerprint density at radius 3 is 2.51 bits per heavy atom. The number of hydrogen-bond donors (Lipinski definition) is 0. The number of rotatable bonds is 6. The zero-order valence-electron chi connectivity index (χ0n) is 20.2. The lowest BCUT2D eigenvalue weighted by molar-refractivity contribution is -0.181. The fourth-order valence-electron chi connectivity index (χ4n) is 6.06. The fourth-order valence-corrected chi connectivity index (χ4v) is 7.76. The van der Waals surface area contributed by atoms with E-state index in [0.717, 1.165) is 51.4 Å². The van der Waals surface area contributed by atoms with E-state index < -0.39 is 21.2 Å². The third-order valence-corrected chi connectivity index (χ3v) is 9.83. The van der Waals surface area contributed by atoms with Crippen LogP contribution in [-0.2, 0) is 34.8 Å². The monoisotopic (exact) mass is 503 g/mol. The molecule has 1 aromatic rings. The van der Waals surface area contributed by atoms with Gasteiger partial charge in [0.2, 0.25) is 10.0 Å². The average molecular weight is 504 g/mol. The van der Waals surface area contributed by atoms with Gasteiger partial charge in [-0.2, -0.15) is 9.57 Å². The van der Waals surface area contributed by atoms with Crippen LogP contribution in [0.2, 0.25) is 0 Å². The minimum absolute atomic E-state index is 0.108. The summed E-state index contributed by atoms with van der Waals surface area (Å²) in [6.07, 6.45) is 7.08. The van der Waals surface area contributed by atoms with Gasteiger partial charge in [0.05, 0.1) is 41.9 Å². The number of anilines is 1. The predicted octanol–water partition coefficient (Wildman–Crippen LogP) is 2.90. The number of nitrogens with zero attached hydrogens (tertiary/aromatic N) is 3. The molecule has 1 amide bonds. The van der Waals surface area contributed by atoms with Crippen LogP contribution < -0.4 is 4.90 Å². The van der Waals surface area contributed by atoms with Crippen LogP contribution in [0.3, 0.4) is 0 Å². The Bertz CT molecular complexity index is 1120. The van der Waals surface area contributed by atoms with Crippen LogP contribution in [0.5, 0.6) is 0 Å². The third kappa shape index (κ3) is 4.07. The molecule has 0 unspecified atom stereocenters. The van der Waals surface area contributed by atoms with Gasteiger partial charge in [0, 0.05) is 31.8 Å². The van der Waals surface area contributed by atoms with Gasteiger partial charge in [0.1, 0.15) is 0 Å². The minimum Gasteiger partial charge on any atom is -0.383 e. The molecule has 190 valence electrons. The second-order valence-corrected chi connectivity index (χ2v) is 11.9. The zero-order valence-corrected chi connectivity index (χ0v) is 21.0. The van der Waals surface area contributed by atoms with Crippen molar-refractivity contribution in [2.75, 3.05) is 44.9 Å². The molecule has 3 aliphatic heterocycles. The van der Waals surface area contributed by atoms with Gasteiger partial charge in [-0.25, -0.2) is 8.42 Å². The Labute approximate surface area is 207 Å². The van der Waals surface area contributed by atoms with Gasteiger partial charge in [-0.05, 0) is 43.9 Å². The van der Waals surface area contributed by atoms with E-state index in [0.29, 0.717) is 24.4 Å². The van der Waals surface area contributed by atoms with Crippen molar-refractivity contribution in [3.05, 3.63) is 23.8 Å². The number of hydrogen-bond acceptors (Lipinski definition) is 7. The molecule has 1 saturated carbocycles. The molecule has 10 heteroatoms. The maximum Gasteiger partial charge on any atom is 0.292 e. The molecule has 1 atom stereocenters. The zero-order chi connectivity index (χ0) is 24.7. The second-order valence-electron chi connectivity index (χ2n) is 10.1. The van der Waals surface area contributed by atoms with E-state index in [2.05, 4.69) is 6.07 Å². The predicted molar refractivity (Wildman–Crippen MR) is 127 cm³/mol. The molecule has 5 rings (SSSR count). The Hall–Kier alpha value is -2.03. The first-order valence-corrected chi connectivity index (χ1v) is 14.0. The van der Waals surface area contributed by atoms with Crippen LogP contribution >= 0.6 is 0 Å². The van der Waals surface area contributed by atoms with Crippen molar-refractivity contribution < 1.29 is 27.4 Å². The number of amides is 1. The summed E-state index contributed by atoms with van der Waals surface area (Å²) in [5.41, 5.74) is 0.330. The van der Waals surface area contributed by atoms with Gasteiger partial charge in [0.25, 0.3) is 11.7 Å². The maximum atomic E-state index is 13.7. The van der Waals surface area contributed by atoms with Crippen molar-refractivity contribution in [1.29, 1.82) is 5.26 Å². The summed E-state index contributed by atoms with van der Waals surface area (Å²) in [6, 6.07) is 7.05. The summed E-state index contributed by atoms with van der Waals surface area (Å²) in [6.45, 7) is 1.49. The fraction of sp³-hybridized carbons (Fsp3) is 0.680. The molecule has 0 radical (unpaired) electrons. The smallest absolute Gasteiger partial charge is 0.292 e. The van der Waals surface area contributed by atoms with Gasteiger partial charge < -0.3 is 19.1 Å². The third-order valence-electron chi connectivity index (χ3n) is 7.88. The van der Waals surface area contributed by atoms with Crippen molar-refractivity contribution in [2.45, 2.75) is 68.1 Å². The summed E-state index contributed by atoms with van der Waals surface area (Å²) in [4.78, 5) is 15.4. The van der Waals surface area contributed by atoms with E-state index in [-0.39, 0.29) is 36.6 Å². The van der Waals surface area contributed by atoms with Gasteiger partial charge >= 0.3 is 0 Å². The number of carbonyl (C=O) groups excluding carboxylic acids is 1. The Balaban J connectivity index is 1.53. The lowest BCUT2D eigenvalue weighted by Crippen LogP contribution is -2.45. The van der Waals surface area contributed by atoms with Crippen molar-refractivity contribution in [2.24, 2.45) is 5.41 Å². The summed E-state index contributed by atoms with van der Waals surface area (Å²) in [5.74, 6) is -2.03. The Morgan fingerprint density at radius 1 is 1.14 bits per heavy atom. The van der Waals surface area contributed by atoms with Crippen molar-refractivity contribution in [1.82, 2.24) is 4.31 Å². The normalized spacial score (nSPS) is 26.1. The second kappa shape index (κ2) is 9.45. The number of benzene rings is 1.